The molecule has 2 aliphatic rings. The van der Waals surface area contributed by atoms with Gasteiger partial charge < -0.3 is 0 Å². The van der Waals surface area contributed by atoms with Crippen LogP contribution in [0.2, 0.25) is 0 Å². The largest absolute Gasteiger partial charge is 0.0654 e. The summed E-state index contributed by atoms with van der Waals surface area (Å²) in [5, 5.41) is 0. The van der Waals surface area contributed by atoms with E-state index in [0.29, 0.717) is 0 Å². The van der Waals surface area contributed by atoms with Gasteiger partial charge in [-0.3, -0.25) is 0 Å². The van der Waals surface area contributed by atoms with Crippen molar-refractivity contribution in [3.05, 3.63) is 34.9 Å². The highest BCUT2D eigenvalue weighted by Crippen LogP contribution is 2.42. The van der Waals surface area contributed by atoms with Crippen LogP contribution in [0.15, 0.2) is 18.2 Å². The Labute approximate surface area is 137 Å². The van der Waals surface area contributed by atoms with E-state index in [9.17, 15) is 0 Å². The maximum atomic E-state index is 2.50. The molecule has 2 saturated carbocycles. The summed E-state index contributed by atoms with van der Waals surface area (Å²) in [6.45, 7) is 2.32. The van der Waals surface area contributed by atoms with Gasteiger partial charge in [0.25, 0.3) is 0 Å². The zero-order valence-electron chi connectivity index (χ0n) is 14.6. The molecule has 0 spiro atoms. The van der Waals surface area contributed by atoms with Crippen molar-refractivity contribution in [2.75, 3.05) is 0 Å². The highest BCUT2D eigenvalue weighted by atomic mass is 14.3. The Bertz CT molecular complexity index is 447. The van der Waals surface area contributed by atoms with E-state index in [0.717, 1.165) is 11.8 Å². The molecule has 22 heavy (non-hydrogen) atoms. The molecule has 1 aromatic rings. The topological polar surface area (TPSA) is 0 Å². The van der Waals surface area contributed by atoms with Gasteiger partial charge in [0.15, 0.2) is 0 Å². The summed E-state index contributed by atoms with van der Waals surface area (Å²) < 4.78 is 0. The molecule has 122 valence electrons. The molecular formula is C22H34. The lowest BCUT2D eigenvalue weighted by atomic mass is 9.74. The lowest BCUT2D eigenvalue weighted by molar-refractivity contribution is 0.417. The third-order valence-electron chi connectivity index (χ3n) is 6.09. The van der Waals surface area contributed by atoms with E-state index in [1.165, 1.54) is 83.5 Å². The van der Waals surface area contributed by atoms with Crippen molar-refractivity contribution in [2.45, 2.75) is 102 Å². The summed E-state index contributed by atoms with van der Waals surface area (Å²) in [6, 6.07) is 7.31. The van der Waals surface area contributed by atoms with Crippen molar-refractivity contribution < 1.29 is 0 Å². The lowest BCUT2D eigenvalue weighted by Crippen LogP contribution is -2.14. The Hall–Kier alpha value is -0.780. The third kappa shape index (κ3) is 3.76. The van der Waals surface area contributed by atoms with E-state index in [-0.39, 0.29) is 0 Å². The average Bonchev–Trinajstić information content (AvgIpc) is 2.61. The van der Waals surface area contributed by atoms with Crippen LogP contribution < -0.4 is 0 Å². The first kappa shape index (κ1) is 16.1. The average molecular weight is 299 g/mol. The van der Waals surface area contributed by atoms with Gasteiger partial charge in [0.05, 0.1) is 0 Å². The highest BCUT2D eigenvalue weighted by molar-refractivity contribution is 5.41. The molecule has 0 heterocycles. The van der Waals surface area contributed by atoms with Crippen molar-refractivity contribution in [3.8, 4) is 0 Å². The summed E-state index contributed by atoms with van der Waals surface area (Å²) in [6.07, 6.45) is 18.5. The van der Waals surface area contributed by atoms with Crippen LogP contribution in [0.1, 0.15) is 112 Å². The monoisotopic (exact) mass is 298 g/mol. The Balaban J connectivity index is 1.91. The van der Waals surface area contributed by atoms with Crippen molar-refractivity contribution in [1.82, 2.24) is 0 Å². The third-order valence-corrected chi connectivity index (χ3v) is 6.09. The van der Waals surface area contributed by atoms with Gasteiger partial charge in [-0.25, -0.2) is 0 Å². The van der Waals surface area contributed by atoms with Crippen LogP contribution in [0, 0.1) is 0 Å². The Kier molecular flexibility index (Phi) is 5.98. The second-order valence-corrected chi connectivity index (χ2v) is 7.69. The molecule has 0 heteroatoms. The summed E-state index contributed by atoms with van der Waals surface area (Å²) in [4.78, 5) is 0. The molecule has 0 nitrogen and oxygen atoms in total. The summed E-state index contributed by atoms with van der Waals surface area (Å²) in [5.41, 5.74) is 5.29. The van der Waals surface area contributed by atoms with Crippen molar-refractivity contribution >= 4 is 0 Å². The number of hydrogen-bond donors (Lipinski definition) is 0. The molecule has 0 N–H and O–H groups in total. The van der Waals surface area contributed by atoms with Crippen LogP contribution >= 0.6 is 0 Å². The van der Waals surface area contributed by atoms with E-state index in [2.05, 4.69) is 25.1 Å². The summed E-state index contributed by atoms with van der Waals surface area (Å²) in [5.74, 6) is 1.74. The molecular weight excluding hydrogens is 264 g/mol. The number of rotatable bonds is 5. The molecule has 2 aliphatic carbocycles. The van der Waals surface area contributed by atoms with Gasteiger partial charge in [-0.1, -0.05) is 70.1 Å². The molecule has 0 radical (unpaired) electrons. The minimum atomic E-state index is 0.868. The Morgan fingerprint density at radius 3 is 2.09 bits per heavy atom. The fraction of sp³-hybridized carbons (Fsp3) is 0.727. The number of unbranched alkanes of at least 4 members (excludes halogenated alkanes) is 1. The number of hydrogen-bond acceptors (Lipinski definition) is 0. The Morgan fingerprint density at radius 2 is 1.45 bits per heavy atom. The van der Waals surface area contributed by atoms with Gasteiger partial charge in [-0.05, 0) is 67.1 Å². The maximum Gasteiger partial charge on any atom is -0.0156 e. The van der Waals surface area contributed by atoms with Gasteiger partial charge in [0, 0.05) is 0 Å². The van der Waals surface area contributed by atoms with Crippen molar-refractivity contribution in [1.29, 1.82) is 0 Å². The predicted molar refractivity (Wildman–Crippen MR) is 96.7 cm³/mol. The van der Waals surface area contributed by atoms with Crippen LogP contribution in [-0.4, -0.2) is 0 Å². The minimum absolute atomic E-state index is 0.868. The van der Waals surface area contributed by atoms with Gasteiger partial charge >= 0.3 is 0 Å². The minimum Gasteiger partial charge on any atom is -0.0654 e. The second kappa shape index (κ2) is 8.18. The van der Waals surface area contributed by atoms with Gasteiger partial charge in [-0.2, -0.15) is 0 Å². The number of aryl methyl sites for hydroxylation is 1. The van der Waals surface area contributed by atoms with Crippen LogP contribution in [0.4, 0.5) is 0 Å². The first-order chi connectivity index (χ1) is 10.9. The Morgan fingerprint density at radius 1 is 0.818 bits per heavy atom. The van der Waals surface area contributed by atoms with E-state index in [4.69, 9.17) is 0 Å². The summed E-state index contributed by atoms with van der Waals surface area (Å²) >= 11 is 0. The first-order valence-corrected chi connectivity index (χ1v) is 10.0. The van der Waals surface area contributed by atoms with E-state index in [1.54, 1.807) is 11.1 Å². The SMILES string of the molecule is CCCCc1cccc(C2CCCCC2)c1C1CCCCC1. The van der Waals surface area contributed by atoms with Gasteiger partial charge in [0.2, 0.25) is 0 Å². The predicted octanol–water partition coefficient (Wildman–Crippen LogP) is 7.12. The molecule has 0 aromatic heterocycles. The quantitative estimate of drug-likeness (QED) is 0.542. The molecule has 0 atom stereocenters. The fourth-order valence-corrected chi connectivity index (χ4v) is 4.88. The lowest BCUT2D eigenvalue weighted by Gasteiger charge is -2.31. The molecule has 0 unspecified atom stereocenters. The normalized spacial score (nSPS) is 21.1. The molecule has 2 fully saturated rings. The van der Waals surface area contributed by atoms with Crippen molar-refractivity contribution in [3.63, 3.8) is 0 Å². The fourth-order valence-electron chi connectivity index (χ4n) is 4.88. The number of benzene rings is 1. The van der Waals surface area contributed by atoms with E-state index in [1.807, 2.05) is 5.56 Å². The zero-order valence-corrected chi connectivity index (χ0v) is 14.6. The standard InChI is InChI=1S/C22H34/c1-2-3-11-19-16-10-17-21(18-12-6-4-7-13-18)22(19)20-14-8-5-9-15-20/h10,16-18,20H,2-9,11-15H2,1H3. The van der Waals surface area contributed by atoms with Crippen LogP contribution in [0.25, 0.3) is 0 Å². The van der Waals surface area contributed by atoms with Crippen LogP contribution in [0.3, 0.4) is 0 Å². The van der Waals surface area contributed by atoms with Gasteiger partial charge in [0.1, 0.15) is 0 Å². The van der Waals surface area contributed by atoms with Crippen LogP contribution in [0.5, 0.6) is 0 Å². The summed E-state index contributed by atoms with van der Waals surface area (Å²) in [7, 11) is 0. The second-order valence-electron chi connectivity index (χ2n) is 7.69. The molecule has 0 aliphatic heterocycles. The van der Waals surface area contributed by atoms with Gasteiger partial charge in [-0.15, -0.1) is 0 Å². The zero-order chi connectivity index (χ0) is 15.2. The van der Waals surface area contributed by atoms with Crippen LogP contribution in [-0.2, 0) is 6.42 Å². The van der Waals surface area contributed by atoms with Crippen molar-refractivity contribution in [2.24, 2.45) is 0 Å². The first-order valence-electron chi connectivity index (χ1n) is 10.0. The molecule has 0 saturated heterocycles. The highest BCUT2D eigenvalue weighted by Gasteiger charge is 2.25. The molecule has 3 rings (SSSR count). The maximum absolute atomic E-state index is 2.50. The molecule has 0 bridgehead atoms. The van der Waals surface area contributed by atoms with E-state index >= 15 is 0 Å². The molecule has 0 amide bonds. The van der Waals surface area contributed by atoms with E-state index < -0.39 is 0 Å². The smallest absolute Gasteiger partial charge is 0.0156 e. The molecule has 1 aromatic carbocycles.